The molecule has 1 aromatic carbocycles. The lowest BCUT2D eigenvalue weighted by Gasteiger charge is -2.34. The number of alkyl halides is 2. The number of aliphatic hydroxyl groups is 4. The Hall–Kier alpha value is -1.56. The lowest BCUT2D eigenvalue weighted by molar-refractivity contribution is -0.125. The number of hydrogen-bond acceptors (Lipinski definition) is 13. The number of aliphatic hydroxyl groups excluding tert-OH is 4. The average molecular weight is 1090 g/mol. The van der Waals surface area contributed by atoms with Crippen LogP contribution in [0.5, 0.6) is 5.75 Å². The Morgan fingerprint density at radius 2 is 1.28 bits per heavy atom. The van der Waals surface area contributed by atoms with Crippen molar-refractivity contribution in [1.82, 2.24) is 10.6 Å². The minimum atomic E-state index is -1.41. The van der Waals surface area contributed by atoms with E-state index in [9.17, 15) is 39.6 Å². The monoisotopic (exact) mass is 1080 g/mol. The van der Waals surface area contributed by atoms with E-state index in [2.05, 4.69) is 117 Å². The van der Waals surface area contributed by atoms with E-state index in [1.807, 2.05) is 0 Å². The molecule has 0 saturated carbocycles. The standard InChI is InChI=1S/C29H26Br6N4O11/c30-12-1-10(18(41)8-37-27(47)17-6-29(50-39-17)4-15(33)22(43)20(35)25(29)45)2-13(31)23(12)48-9-11(40)7-36-26(46)16-5-28(49-38-16)3-14(32)21(42)19(34)24(28)44/h1-4,11,18-20,24-25,40-41,44-45H,5-9H2,(H,36,46)(H,37,47)/t11?,18?,19-,20+,24+,25+,28-,29-/m1/s1. The largest absolute Gasteiger partial charge is 0.488 e. The summed E-state index contributed by atoms with van der Waals surface area (Å²) < 4.78 is 6.94. The summed E-state index contributed by atoms with van der Waals surface area (Å²) in [4.78, 5) is 58.6. The number of benzene rings is 1. The Balaban J connectivity index is 1.09. The van der Waals surface area contributed by atoms with Gasteiger partial charge in [0.25, 0.3) is 11.8 Å². The summed E-state index contributed by atoms with van der Waals surface area (Å²) in [5.74, 6) is -1.72. The highest BCUT2D eigenvalue weighted by atomic mass is 79.9. The van der Waals surface area contributed by atoms with Crippen molar-refractivity contribution in [3.05, 3.63) is 47.8 Å². The maximum atomic E-state index is 12.8. The Morgan fingerprint density at radius 1 is 0.840 bits per heavy atom. The quantitative estimate of drug-likeness (QED) is 0.187. The van der Waals surface area contributed by atoms with Gasteiger partial charge in [-0.1, -0.05) is 42.2 Å². The first kappa shape index (κ1) is 39.6. The molecule has 0 saturated heterocycles. The van der Waals surface area contributed by atoms with Gasteiger partial charge in [0.05, 0.1) is 24.0 Å². The number of hydrogen-bond donors (Lipinski definition) is 6. The predicted octanol–water partition coefficient (Wildman–Crippen LogP) is 2.22. The van der Waals surface area contributed by atoms with E-state index in [0.717, 1.165) is 0 Å². The molecule has 2 spiro atoms. The van der Waals surface area contributed by atoms with E-state index >= 15 is 0 Å². The van der Waals surface area contributed by atoms with Crippen molar-refractivity contribution in [2.75, 3.05) is 19.7 Å². The molecule has 50 heavy (non-hydrogen) atoms. The number of carbonyl (C=O) groups excluding carboxylic acids is 4. The van der Waals surface area contributed by atoms with Crippen LogP contribution in [0.3, 0.4) is 0 Å². The predicted molar refractivity (Wildman–Crippen MR) is 198 cm³/mol. The third-order valence-electron chi connectivity index (χ3n) is 8.11. The van der Waals surface area contributed by atoms with Gasteiger partial charge in [-0.3, -0.25) is 19.2 Å². The number of nitrogens with one attached hydrogen (secondary N) is 2. The molecular weight excluding hydrogens is 1060 g/mol. The summed E-state index contributed by atoms with van der Waals surface area (Å²) >= 11 is 19.3. The molecule has 2 amide bonds. The van der Waals surface area contributed by atoms with E-state index in [-0.39, 0.29) is 64.5 Å². The number of ketones is 2. The summed E-state index contributed by atoms with van der Waals surface area (Å²) in [6.07, 6.45) is -2.36. The van der Waals surface area contributed by atoms with Crippen LogP contribution in [0.25, 0.3) is 0 Å². The summed E-state index contributed by atoms with van der Waals surface area (Å²) in [6, 6.07) is 3.13. The highest BCUT2D eigenvalue weighted by molar-refractivity contribution is 9.12. The number of carbonyl (C=O) groups is 4. The zero-order chi connectivity index (χ0) is 36.7. The molecule has 21 heteroatoms. The Labute approximate surface area is 334 Å². The molecule has 2 heterocycles. The average Bonchev–Trinajstić information content (AvgIpc) is 3.71. The topological polar surface area (TPSA) is 226 Å². The molecule has 2 aliphatic carbocycles. The molecule has 0 bridgehead atoms. The van der Waals surface area contributed by atoms with Gasteiger partial charge >= 0.3 is 0 Å². The van der Waals surface area contributed by atoms with Crippen LogP contribution in [0, 0.1) is 0 Å². The highest BCUT2D eigenvalue weighted by Gasteiger charge is 2.54. The molecule has 6 N–H and O–H groups in total. The molecule has 5 rings (SSSR count). The van der Waals surface area contributed by atoms with E-state index in [1.165, 1.54) is 12.2 Å². The van der Waals surface area contributed by atoms with Crippen molar-refractivity contribution in [2.24, 2.45) is 10.3 Å². The minimum absolute atomic E-state index is 0.0323. The lowest BCUT2D eigenvalue weighted by Crippen LogP contribution is -2.52. The van der Waals surface area contributed by atoms with Crippen molar-refractivity contribution in [2.45, 2.75) is 58.1 Å². The zero-order valence-electron chi connectivity index (χ0n) is 25.1. The van der Waals surface area contributed by atoms with Gasteiger partial charge in [-0.05, 0) is 93.6 Å². The Bertz CT molecular complexity index is 1720. The minimum Gasteiger partial charge on any atom is -0.488 e. The van der Waals surface area contributed by atoms with Gasteiger partial charge in [-0.15, -0.1) is 0 Å². The Kier molecular flexibility index (Phi) is 12.5. The van der Waals surface area contributed by atoms with E-state index < -0.39 is 57.1 Å². The molecule has 4 aliphatic rings. The smallest absolute Gasteiger partial charge is 0.269 e. The molecule has 0 aromatic heterocycles. The van der Waals surface area contributed by atoms with E-state index in [1.54, 1.807) is 12.1 Å². The van der Waals surface area contributed by atoms with Gasteiger partial charge in [0.2, 0.25) is 0 Å². The molecular formula is C29H26Br6N4O11. The Morgan fingerprint density at radius 3 is 1.74 bits per heavy atom. The molecule has 2 unspecified atom stereocenters. The number of Topliss-reactive ketones (excluding diaryl/α,β-unsaturated/α-hetero) is 2. The van der Waals surface area contributed by atoms with Crippen LogP contribution < -0.4 is 15.4 Å². The summed E-state index contributed by atoms with van der Waals surface area (Å²) in [5.41, 5.74) is -2.48. The number of amides is 2. The highest BCUT2D eigenvalue weighted by Crippen LogP contribution is 2.41. The fraction of sp³-hybridized carbons (Fsp3) is 0.448. The first-order chi connectivity index (χ1) is 23.5. The summed E-state index contributed by atoms with van der Waals surface area (Å²) in [6.45, 7) is -0.653. The van der Waals surface area contributed by atoms with Crippen LogP contribution in [0.4, 0.5) is 0 Å². The van der Waals surface area contributed by atoms with Crippen LogP contribution in [0.2, 0.25) is 0 Å². The molecule has 2 aliphatic heterocycles. The number of allylic oxidation sites excluding steroid dienone is 2. The summed E-state index contributed by atoms with van der Waals surface area (Å²) in [5, 5.41) is 55.2. The number of nitrogens with zero attached hydrogens (tertiary/aromatic N) is 2. The normalized spacial score (nSPS) is 30.1. The van der Waals surface area contributed by atoms with Gasteiger partial charge in [-0.25, -0.2) is 0 Å². The van der Waals surface area contributed by atoms with Crippen LogP contribution in [-0.4, -0.2) is 114 Å². The van der Waals surface area contributed by atoms with Crippen molar-refractivity contribution in [3.8, 4) is 5.75 Å². The van der Waals surface area contributed by atoms with E-state index in [0.29, 0.717) is 20.3 Å². The molecule has 1 aromatic rings. The lowest BCUT2D eigenvalue weighted by atomic mass is 9.83. The molecule has 270 valence electrons. The maximum absolute atomic E-state index is 12.8. The fourth-order valence-corrected chi connectivity index (χ4v) is 10.0. The van der Waals surface area contributed by atoms with Gasteiger partial charge < -0.3 is 45.5 Å². The number of halogens is 6. The summed E-state index contributed by atoms with van der Waals surface area (Å²) in [7, 11) is 0. The fourth-order valence-electron chi connectivity index (χ4n) is 5.31. The molecule has 15 nitrogen and oxygen atoms in total. The molecule has 0 radical (unpaired) electrons. The van der Waals surface area contributed by atoms with Gasteiger partial charge in [0.15, 0.2) is 22.8 Å². The first-order valence-electron chi connectivity index (χ1n) is 14.5. The third kappa shape index (κ3) is 8.01. The van der Waals surface area contributed by atoms with Gasteiger partial charge in [0, 0.05) is 25.9 Å². The number of rotatable bonds is 10. The first-order valence-corrected chi connectivity index (χ1v) is 19.5. The van der Waals surface area contributed by atoms with E-state index in [4.69, 9.17) is 14.4 Å². The second kappa shape index (κ2) is 15.8. The number of oxime groups is 2. The zero-order valence-corrected chi connectivity index (χ0v) is 34.6. The SMILES string of the molecule is O=C(NCC(O)COc1c(Br)cc(C(O)CNC(=O)C2=NO[C@]3(C=C(Br)C(=O)[C@H](Br)[C@@H]3O)C2)cc1Br)C1=NO[C@]2(C=C(Br)C(=O)[C@@H](Br)[C@@H]2O)C1. The van der Waals surface area contributed by atoms with Crippen molar-refractivity contribution in [1.29, 1.82) is 0 Å². The van der Waals surface area contributed by atoms with Crippen LogP contribution in [-0.2, 0) is 28.9 Å². The van der Waals surface area contributed by atoms with Crippen molar-refractivity contribution < 1.29 is 54.0 Å². The number of ether oxygens (including phenoxy) is 1. The van der Waals surface area contributed by atoms with Gasteiger partial charge in [0.1, 0.15) is 51.7 Å². The molecule has 8 atom stereocenters. The molecule has 0 fully saturated rings. The van der Waals surface area contributed by atoms with Crippen molar-refractivity contribution in [3.63, 3.8) is 0 Å². The second-order valence-corrected chi connectivity index (χ2v) is 17.0. The van der Waals surface area contributed by atoms with Crippen LogP contribution in [0.1, 0.15) is 24.5 Å². The van der Waals surface area contributed by atoms with Gasteiger partial charge in [-0.2, -0.15) is 0 Å². The van der Waals surface area contributed by atoms with Crippen molar-refractivity contribution >= 4 is 130 Å². The van der Waals surface area contributed by atoms with Crippen LogP contribution in [0.15, 0.2) is 52.5 Å². The van der Waals surface area contributed by atoms with Crippen LogP contribution >= 0.6 is 95.6 Å². The maximum Gasteiger partial charge on any atom is 0.269 e. The second-order valence-electron chi connectivity index (χ2n) is 11.6. The third-order valence-corrected chi connectivity index (χ3v) is 12.4.